The van der Waals surface area contributed by atoms with E-state index in [0.717, 1.165) is 25.5 Å². The van der Waals surface area contributed by atoms with E-state index in [2.05, 4.69) is 58.8 Å². The Hall–Kier alpha value is -1.75. The number of nitrogens with zero attached hydrogens (tertiary/aromatic N) is 2. The molecule has 1 rings (SSSR count). The van der Waals surface area contributed by atoms with Crippen LogP contribution >= 0.6 is 0 Å². The van der Waals surface area contributed by atoms with E-state index in [1.165, 1.54) is 5.69 Å². The minimum Gasteiger partial charge on any atom is -0.383 e. The second-order valence-corrected chi connectivity index (χ2v) is 5.11. The van der Waals surface area contributed by atoms with E-state index in [4.69, 9.17) is 4.74 Å². The summed E-state index contributed by atoms with van der Waals surface area (Å²) in [5.41, 5.74) is 1.24. The molecule has 0 fully saturated rings. The van der Waals surface area contributed by atoms with E-state index in [-0.39, 0.29) is 6.04 Å². The van der Waals surface area contributed by atoms with Crippen LogP contribution in [0, 0.1) is 0 Å². The van der Waals surface area contributed by atoms with Crippen LogP contribution in [0.2, 0.25) is 0 Å². The summed E-state index contributed by atoms with van der Waals surface area (Å²) in [6.45, 7) is 4.62. The van der Waals surface area contributed by atoms with Crippen LogP contribution in [-0.2, 0) is 4.74 Å². The average molecular weight is 292 g/mol. The Labute approximate surface area is 128 Å². The van der Waals surface area contributed by atoms with Crippen molar-refractivity contribution >= 4 is 11.6 Å². The first-order valence-electron chi connectivity index (χ1n) is 7.39. The Bertz CT molecular complexity index is 408. The van der Waals surface area contributed by atoms with Crippen molar-refractivity contribution in [1.29, 1.82) is 0 Å². The molecule has 0 amide bonds. The molecule has 1 atom stereocenters. The molecule has 0 aromatic heterocycles. The number of methoxy groups -OCH3 is 1. The summed E-state index contributed by atoms with van der Waals surface area (Å²) < 4.78 is 5.10. The molecule has 1 unspecified atom stereocenters. The predicted octanol–water partition coefficient (Wildman–Crippen LogP) is 1.71. The van der Waals surface area contributed by atoms with Gasteiger partial charge in [-0.25, -0.2) is 0 Å². The molecular formula is C16H28N4O. The summed E-state index contributed by atoms with van der Waals surface area (Å²) in [6.07, 6.45) is 1.05. The molecule has 0 radical (unpaired) electrons. The quantitative estimate of drug-likeness (QED) is 0.435. The van der Waals surface area contributed by atoms with Crippen molar-refractivity contribution in [2.24, 2.45) is 4.99 Å². The van der Waals surface area contributed by atoms with Crippen molar-refractivity contribution in [2.45, 2.75) is 19.4 Å². The SMILES string of the molecule is CN=C(NCCCN(C)c1ccccc1)NC(C)COC. The molecular weight excluding hydrogens is 264 g/mol. The zero-order valence-corrected chi connectivity index (χ0v) is 13.6. The Morgan fingerprint density at radius 3 is 2.67 bits per heavy atom. The normalized spacial score (nSPS) is 12.9. The fourth-order valence-corrected chi connectivity index (χ4v) is 2.05. The van der Waals surface area contributed by atoms with Gasteiger partial charge in [0, 0.05) is 46.0 Å². The van der Waals surface area contributed by atoms with Crippen molar-refractivity contribution < 1.29 is 4.74 Å². The number of benzene rings is 1. The summed E-state index contributed by atoms with van der Waals surface area (Å²) in [4.78, 5) is 6.47. The smallest absolute Gasteiger partial charge is 0.191 e. The maximum Gasteiger partial charge on any atom is 0.191 e. The monoisotopic (exact) mass is 292 g/mol. The molecule has 5 nitrogen and oxygen atoms in total. The minimum absolute atomic E-state index is 0.244. The lowest BCUT2D eigenvalue weighted by molar-refractivity contribution is 0.179. The van der Waals surface area contributed by atoms with Gasteiger partial charge in [-0.1, -0.05) is 18.2 Å². The molecule has 5 heteroatoms. The number of guanidine groups is 1. The number of hydrogen-bond acceptors (Lipinski definition) is 3. The van der Waals surface area contributed by atoms with Gasteiger partial charge in [0.25, 0.3) is 0 Å². The molecule has 0 aliphatic carbocycles. The number of hydrogen-bond donors (Lipinski definition) is 2. The Morgan fingerprint density at radius 2 is 2.05 bits per heavy atom. The average Bonchev–Trinajstić information content (AvgIpc) is 2.51. The number of ether oxygens (including phenoxy) is 1. The molecule has 21 heavy (non-hydrogen) atoms. The summed E-state index contributed by atoms with van der Waals surface area (Å²) in [7, 11) is 5.60. The van der Waals surface area contributed by atoms with Crippen LogP contribution in [0.15, 0.2) is 35.3 Å². The molecule has 0 heterocycles. The summed E-state index contributed by atoms with van der Waals surface area (Å²) in [5, 5.41) is 6.61. The first kappa shape index (κ1) is 17.3. The standard InChI is InChI=1S/C16H28N4O/c1-14(13-21-4)19-16(17-2)18-11-8-12-20(3)15-9-6-5-7-10-15/h5-7,9-10,14H,8,11-13H2,1-4H3,(H2,17,18,19). The second-order valence-electron chi connectivity index (χ2n) is 5.11. The number of aliphatic imine (C=N–C) groups is 1. The molecule has 1 aromatic carbocycles. The van der Waals surface area contributed by atoms with Gasteiger partial charge in [-0.2, -0.15) is 0 Å². The fraction of sp³-hybridized carbons (Fsp3) is 0.562. The van der Waals surface area contributed by atoms with E-state index in [9.17, 15) is 0 Å². The van der Waals surface area contributed by atoms with Crippen molar-refractivity contribution in [3.05, 3.63) is 30.3 Å². The third kappa shape index (κ3) is 6.99. The van der Waals surface area contributed by atoms with Gasteiger partial charge in [0.1, 0.15) is 0 Å². The number of rotatable bonds is 8. The molecule has 1 aromatic rings. The van der Waals surface area contributed by atoms with Crippen molar-refractivity contribution in [3.8, 4) is 0 Å². The summed E-state index contributed by atoms with van der Waals surface area (Å²) in [5.74, 6) is 0.821. The van der Waals surface area contributed by atoms with Crippen molar-refractivity contribution in [3.63, 3.8) is 0 Å². The van der Waals surface area contributed by atoms with Gasteiger partial charge in [-0.3, -0.25) is 4.99 Å². The lowest BCUT2D eigenvalue weighted by Gasteiger charge is -2.20. The van der Waals surface area contributed by atoms with Gasteiger partial charge < -0.3 is 20.3 Å². The molecule has 0 aliphatic heterocycles. The van der Waals surface area contributed by atoms with E-state index < -0.39 is 0 Å². The highest BCUT2D eigenvalue weighted by Gasteiger charge is 2.04. The number of para-hydroxylation sites is 1. The van der Waals surface area contributed by atoms with Crippen LogP contribution in [0.3, 0.4) is 0 Å². The summed E-state index contributed by atoms with van der Waals surface area (Å²) >= 11 is 0. The van der Waals surface area contributed by atoms with Gasteiger partial charge in [0.15, 0.2) is 5.96 Å². The summed E-state index contributed by atoms with van der Waals surface area (Å²) in [6, 6.07) is 10.7. The van der Waals surface area contributed by atoms with E-state index in [1.54, 1.807) is 14.2 Å². The Balaban J connectivity index is 2.23. The molecule has 2 N–H and O–H groups in total. The van der Waals surface area contributed by atoms with Gasteiger partial charge in [0.05, 0.1) is 6.61 Å². The van der Waals surface area contributed by atoms with Crippen LogP contribution < -0.4 is 15.5 Å². The minimum atomic E-state index is 0.244. The number of nitrogens with one attached hydrogen (secondary N) is 2. The highest BCUT2D eigenvalue weighted by molar-refractivity contribution is 5.79. The van der Waals surface area contributed by atoms with Crippen LogP contribution in [0.5, 0.6) is 0 Å². The Morgan fingerprint density at radius 1 is 1.33 bits per heavy atom. The van der Waals surface area contributed by atoms with E-state index in [1.807, 2.05) is 6.07 Å². The largest absolute Gasteiger partial charge is 0.383 e. The van der Waals surface area contributed by atoms with Crippen LogP contribution in [0.1, 0.15) is 13.3 Å². The van der Waals surface area contributed by atoms with Crippen LogP contribution in [-0.4, -0.2) is 52.9 Å². The zero-order valence-electron chi connectivity index (χ0n) is 13.6. The van der Waals surface area contributed by atoms with Gasteiger partial charge >= 0.3 is 0 Å². The van der Waals surface area contributed by atoms with Gasteiger partial charge in [0.2, 0.25) is 0 Å². The molecule has 0 saturated carbocycles. The third-order valence-electron chi connectivity index (χ3n) is 3.18. The molecule has 0 saturated heterocycles. The second kappa shape index (κ2) is 10.0. The topological polar surface area (TPSA) is 48.9 Å². The fourth-order valence-electron chi connectivity index (χ4n) is 2.05. The highest BCUT2D eigenvalue weighted by Crippen LogP contribution is 2.10. The first-order chi connectivity index (χ1) is 10.2. The van der Waals surface area contributed by atoms with Crippen molar-refractivity contribution in [1.82, 2.24) is 10.6 Å². The molecule has 0 bridgehead atoms. The Kier molecular flexibility index (Phi) is 8.28. The molecule has 0 spiro atoms. The molecule has 0 aliphatic rings. The first-order valence-corrected chi connectivity index (χ1v) is 7.39. The van der Waals surface area contributed by atoms with Gasteiger partial charge in [-0.15, -0.1) is 0 Å². The predicted molar refractivity (Wildman–Crippen MR) is 90.2 cm³/mol. The lowest BCUT2D eigenvalue weighted by atomic mass is 10.3. The van der Waals surface area contributed by atoms with Gasteiger partial charge in [-0.05, 0) is 25.5 Å². The van der Waals surface area contributed by atoms with E-state index >= 15 is 0 Å². The highest BCUT2D eigenvalue weighted by atomic mass is 16.5. The number of anilines is 1. The maximum absolute atomic E-state index is 5.10. The zero-order chi connectivity index (χ0) is 15.5. The third-order valence-corrected chi connectivity index (χ3v) is 3.18. The maximum atomic E-state index is 5.10. The van der Waals surface area contributed by atoms with Crippen molar-refractivity contribution in [2.75, 3.05) is 45.8 Å². The van der Waals surface area contributed by atoms with Crippen LogP contribution in [0.4, 0.5) is 5.69 Å². The van der Waals surface area contributed by atoms with Crippen LogP contribution in [0.25, 0.3) is 0 Å². The lowest BCUT2D eigenvalue weighted by Crippen LogP contribution is -2.44. The molecule has 118 valence electrons. The van der Waals surface area contributed by atoms with E-state index in [0.29, 0.717) is 6.61 Å².